The molecule has 0 bridgehead atoms. The first kappa shape index (κ1) is 22.0. The van der Waals surface area contributed by atoms with Crippen LogP contribution in [0.2, 0.25) is 0 Å². The standard InChI is InChI=1S/C26H29N5O3/c1-14(2)15-5-7-16(8-6-15)24-23-19(28-26-29-25(27)30-31(24)26)11-18(12-20(23)32)17-9-10-21(33-3)22(13-17)34-4/h5-10,13-14,18,24H,11-12H2,1-4H3,(H3,27,28,29,30)/t18-,24-/m0/s1. The van der Waals surface area contributed by atoms with Crippen molar-refractivity contribution in [1.82, 2.24) is 14.8 Å². The number of nitrogen functional groups attached to an aromatic ring is 1. The quantitative estimate of drug-likeness (QED) is 0.582. The predicted molar refractivity (Wildman–Crippen MR) is 130 cm³/mol. The zero-order chi connectivity index (χ0) is 24.0. The van der Waals surface area contributed by atoms with Crippen molar-refractivity contribution in [2.75, 3.05) is 25.3 Å². The van der Waals surface area contributed by atoms with Crippen molar-refractivity contribution in [3.05, 3.63) is 70.4 Å². The normalized spacial score (nSPS) is 19.5. The van der Waals surface area contributed by atoms with Crippen LogP contribution in [-0.4, -0.2) is 34.8 Å². The highest BCUT2D eigenvalue weighted by Crippen LogP contribution is 2.45. The van der Waals surface area contributed by atoms with Gasteiger partial charge in [0.1, 0.15) is 6.04 Å². The van der Waals surface area contributed by atoms with E-state index in [2.05, 4.69) is 53.5 Å². The van der Waals surface area contributed by atoms with Gasteiger partial charge in [0.2, 0.25) is 11.9 Å². The first-order valence-electron chi connectivity index (χ1n) is 11.5. The average Bonchev–Trinajstić information content (AvgIpc) is 3.21. The van der Waals surface area contributed by atoms with Crippen molar-refractivity contribution in [3.63, 3.8) is 0 Å². The van der Waals surface area contributed by atoms with E-state index in [4.69, 9.17) is 15.2 Å². The van der Waals surface area contributed by atoms with Crippen molar-refractivity contribution in [2.24, 2.45) is 0 Å². The number of carbonyl (C=O) groups excluding carboxylic acids is 1. The Hall–Kier alpha value is -3.81. The lowest BCUT2D eigenvalue weighted by Crippen LogP contribution is -2.33. The zero-order valence-corrected chi connectivity index (χ0v) is 19.8. The largest absolute Gasteiger partial charge is 0.493 e. The van der Waals surface area contributed by atoms with Gasteiger partial charge in [-0.3, -0.25) is 4.79 Å². The van der Waals surface area contributed by atoms with Gasteiger partial charge < -0.3 is 20.5 Å². The van der Waals surface area contributed by atoms with Crippen LogP contribution >= 0.6 is 0 Å². The van der Waals surface area contributed by atoms with Crippen molar-refractivity contribution in [2.45, 2.75) is 44.6 Å². The molecule has 2 atom stereocenters. The summed E-state index contributed by atoms with van der Waals surface area (Å²) in [6, 6.07) is 13.8. The summed E-state index contributed by atoms with van der Waals surface area (Å²) in [5.41, 5.74) is 10.8. The molecule has 3 N–H and O–H groups in total. The van der Waals surface area contributed by atoms with Gasteiger partial charge in [-0.2, -0.15) is 4.98 Å². The maximum atomic E-state index is 13.6. The number of hydrogen-bond donors (Lipinski definition) is 2. The number of nitrogens with zero attached hydrogens (tertiary/aromatic N) is 3. The van der Waals surface area contributed by atoms with Crippen molar-refractivity contribution < 1.29 is 14.3 Å². The summed E-state index contributed by atoms with van der Waals surface area (Å²) in [4.78, 5) is 18.0. The minimum Gasteiger partial charge on any atom is -0.493 e. The van der Waals surface area contributed by atoms with Gasteiger partial charge in [-0.15, -0.1) is 5.10 Å². The number of allylic oxidation sites excluding steroid dienone is 2. The van der Waals surface area contributed by atoms with Gasteiger partial charge in [-0.1, -0.05) is 44.2 Å². The number of fused-ring (bicyclic) bond motifs is 1. The second-order valence-corrected chi connectivity index (χ2v) is 9.12. The first-order valence-corrected chi connectivity index (χ1v) is 11.5. The van der Waals surface area contributed by atoms with Crippen LogP contribution in [0.4, 0.5) is 11.9 Å². The van der Waals surface area contributed by atoms with Crippen LogP contribution in [-0.2, 0) is 4.79 Å². The van der Waals surface area contributed by atoms with Crippen LogP contribution in [0.5, 0.6) is 11.5 Å². The highest BCUT2D eigenvalue weighted by Gasteiger charge is 2.39. The third-order valence-corrected chi connectivity index (χ3v) is 6.73. The molecule has 8 heteroatoms. The Kier molecular flexibility index (Phi) is 5.51. The Morgan fingerprint density at radius 1 is 1.03 bits per heavy atom. The number of hydrogen-bond acceptors (Lipinski definition) is 7. The molecule has 0 radical (unpaired) electrons. The number of ether oxygens (including phenoxy) is 2. The van der Waals surface area contributed by atoms with Gasteiger partial charge in [-0.05, 0) is 47.1 Å². The molecule has 0 amide bonds. The molecule has 1 aliphatic heterocycles. The summed E-state index contributed by atoms with van der Waals surface area (Å²) >= 11 is 0. The van der Waals surface area contributed by atoms with Gasteiger partial charge in [-0.25, -0.2) is 4.68 Å². The monoisotopic (exact) mass is 459 g/mol. The number of nitrogens with two attached hydrogens (primary N) is 1. The molecule has 2 heterocycles. The van der Waals surface area contributed by atoms with Crippen LogP contribution in [0.3, 0.4) is 0 Å². The Bertz CT molecular complexity index is 1280. The lowest BCUT2D eigenvalue weighted by atomic mass is 9.77. The number of Topliss-reactive ketones (excluding diaryl/α,β-unsaturated/α-hetero) is 1. The molecular formula is C26H29N5O3. The number of rotatable bonds is 5. The molecule has 0 spiro atoms. The van der Waals surface area contributed by atoms with E-state index in [9.17, 15) is 4.79 Å². The van der Waals surface area contributed by atoms with Gasteiger partial charge in [0.05, 0.1) is 14.2 Å². The smallest absolute Gasteiger partial charge is 0.241 e. The van der Waals surface area contributed by atoms with Crippen molar-refractivity contribution >= 4 is 17.7 Å². The number of benzene rings is 2. The number of ketones is 1. The summed E-state index contributed by atoms with van der Waals surface area (Å²) in [6.07, 6.45) is 1.07. The van der Waals surface area contributed by atoms with E-state index in [1.54, 1.807) is 18.9 Å². The average molecular weight is 460 g/mol. The fourth-order valence-corrected chi connectivity index (χ4v) is 4.94. The van der Waals surface area contributed by atoms with Crippen molar-refractivity contribution in [1.29, 1.82) is 0 Å². The number of nitrogens with one attached hydrogen (secondary N) is 1. The summed E-state index contributed by atoms with van der Waals surface area (Å²) in [6.45, 7) is 4.32. The number of carbonyl (C=O) groups is 1. The third-order valence-electron chi connectivity index (χ3n) is 6.73. The van der Waals surface area contributed by atoms with E-state index in [-0.39, 0.29) is 23.7 Å². The maximum absolute atomic E-state index is 13.6. The van der Waals surface area contributed by atoms with E-state index in [0.717, 1.165) is 22.4 Å². The molecule has 0 saturated carbocycles. The van der Waals surface area contributed by atoms with Crippen LogP contribution in [0.25, 0.3) is 0 Å². The molecule has 1 aromatic heterocycles. The van der Waals surface area contributed by atoms with E-state index < -0.39 is 0 Å². The molecule has 34 heavy (non-hydrogen) atoms. The van der Waals surface area contributed by atoms with Gasteiger partial charge in [0.25, 0.3) is 0 Å². The molecule has 176 valence electrons. The Morgan fingerprint density at radius 3 is 2.41 bits per heavy atom. The van der Waals surface area contributed by atoms with E-state index in [1.807, 2.05) is 18.2 Å². The highest BCUT2D eigenvalue weighted by atomic mass is 16.5. The number of aromatic nitrogens is 3. The molecule has 5 rings (SSSR count). The van der Waals surface area contributed by atoms with Crippen molar-refractivity contribution in [3.8, 4) is 11.5 Å². The Balaban J connectivity index is 1.55. The van der Waals surface area contributed by atoms with Crippen LogP contribution in [0.1, 0.15) is 61.3 Å². The zero-order valence-electron chi connectivity index (χ0n) is 19.8. The molecule has 0 saturated heterocycles. The molecule has 1 aliphatic carbocycles. The molecule has 0 unspecified atom stereocenters. The summed E-state index contributed by atoms with van der Waals surface area (Å²) in [7, 11) is 3.23. The summed E-state index contributed by atoms with van der Waals surface area (Å²) < 4.78 is 12.6. The minimum absolute atomic E-state index is 0.00865. The minimum atomic E-state index is -0.365. The Labute approximate surface area is 198 Å². The second kappa shape index (κ2) is 8.52. The van der Waals surface area contributed by atoms with Gasteiger partial charge in [0, 0.05) is 17.7 Å². The fourth-order valence-electron chi connectivity index (χ4n) is 4.94. The SMILES string of the molecule is COc1ccc([C@@H]2CC(=O)C3=C(C2)Nc2nc(N)nn2[C@H]3c2ccc(C(C)C)cc2)cc1OC. The summed E-state index contributed by atoms with van der Waals surface area (Å²) in [5.74, 6) is 2.57. The third kappa shape index (κ3) is 3.69. The number of anilines is 2. The maximum Gasteiger partial charge on any atom is 0.241 e. The van der Waals surface area contributed by atoms with Crippen LogP contribution < -0.4 is 20.5 Å². The molecule has 0 fully saturated rings. The molecule has 3 aromatic rings. The lowest BCUT2D eigenvalue weighted by Gasteiger charge is -2.35. The van der Waals surface area contributed by atoms with E-state index >= 15 is 0 Å². The van der Waals surface area contributed by atoms with Gasteiger partial charge >= 0.3 is 0 Å². The molecular weight excluding hydrogens is 430 g/mol. The van der Waals surface area contributed by atoms with E-state index in [1.165, 1.54) is 5.56 Å². The van der Waals surface area contributed by atoms with Gasteiger partial charge in [0.15, 0.2) is 17.3 Å². The topological polar surface area (TPSA) is 104 Å². The van der Waals surface area contributed by atoms with Crippen LogP contribution in [0.15, 0.2) is 53.7 Å². The van der Waals surface area contributed by atoms with E-state index in [0.29, 0.717) is 36.2 Å². The predicted octanol–water partition coefficient (Wildman–Crippen LogP) is 4.42. The highest BCUT2D eigenvalue weighted by molar-refractivity contribution is 6.00. The first-order chi connectivity index (χ1) is 16.4. The lowest BCUT2D eigenvalue weighted by molar-refractivity contribution is -0.116. The molecule has 2 aromatic carbocycles. The number of methoxy groups -OCH3 is 2. The molecule has 2 aliphatic rings. The fraction of sp³-hybridized carbons (Fsp3) is 0.346. The van der Waals surface area contributed by atoms with Crippen LogP contribution in [0, 0.1) is 0 Å². The molecule has 8 nitrogen and oxygen atoms in total. The summed E-state index contributed by atoms with van der Waals surface area (Å²) in [5, 5.41) is 7.76. The Morgan fingerprint density at radius 2 is 1.74 bits per heavy atom. The second-order valence-electron chi connectivity index (χ2n) is 9.12.